The molecule has 2 aliphatic carbocycles. The van der Waals surface area contributed by atoms with Crippen LogP contribution in [0.4, 0.5) is 28.9 Å². The summed E-state index contributed by atoms with van der Waals surface area (Å²) < 4.78 is 56.8. The van der Waals surface area contributed by atoms with E-state index in [1.807, 2.05) is 9.80 Å². The summed E-state index contributed by atoms with van der Waals surface area (Å²) in [6, 6.07) is 8.23. The number of aliphatic hydroxyl groups excluding tert-OH is 2. The van der Waals surface area contributed by atoms with Gasteiger partial charge in [-0.25, -0.2) is 17.6 Å². The van der Waals surface area contributed by atoms with Crippen molar-refractivity contribution in [3.63, 3.8) is 0 Å². The highest BCUT2D eigenvalue weighted by Crippen LogP contribution is 2.45. The summed E-state index contributed by atoms with van der Waals surface area (Å²) in [4.78, 5) is 33.9. The maximum absolute atomic E-state index is 14.2. The summed E-state index contributed by atoms with van der Waals surface area (Å²) in [5.41, 5.74) is -1.05. The number of aliphatic hydroxyl groups is 2. The number of likely N-dealkylation sites (tertiary alicyclic amines) is 2. The predicted octanol–water partition coefficient (Wildman–Crippen LogP) is 6.17. The van der Waals surface area contributed by atoms with Gasteiger partial charge in [-0.15, -0.1) is 0 Å². The van der Waals surface area contributed by atoms with E-state index in [1.54, 1.807) is 9.80 Å². The average molecular weight is 729 g/mol. The molecule has 0 aromatic heterocycles. The Morgan fingerprint density at radius 3 is 1.21 bits per heavy atom. The van der Waals surface area contributed by atoms with Gasteiger partial charge in [0.05, 0.1) is 23.0 Å². The zero-order valence-corrected chi connectivity index (χ0v) is 29.9. The van der Waals surface area contributed by atoms with Crippen LogP contribution in [0.15, 0.2) is 36.4 Å². The molecule has 52 heavy (non-hydrogen) atoms. The molecule has 0 radical (unpaired) electrons. The van der Waals surface area contributed by atoms with Crippen molar-refractivity contribution < 1.29 is 37.4 Å². The number of benzene rings is 2. The maximum Gasteiger partial charge on any atom is 0.230 e. The number of para-hydroxylation sites is 2. The van der Waals surface area contributed by atoms with E-state index in [1.165, 1.54) is 36.4 Å². The third-order valence-electron chi connectivity index (χ3n) is 13.0. The molecule has 2 aromatic rings. The molecular formula is C40H52F4N4O4. The molecule has 2 amide bonds. The second-order valence-corrected chi connectivity index (χ2v) is 16.2. The molecular weight excluding hydrogens is 676 g/mol. The summed E-state index contributed by atoms with van der Waals surface area (Å²) in [6.45, 7) is 3.34. The highest BCUT2D eigenvalue weighted by atomic mass is 19.1. The third-order valence-corrected chi connectivity index (χ3v) is 13.0. The van der Waals surface area contributed by atoms with Crippen molar-refractivity contribution in [2.75, 3.05) is 49.1 Å². The quantitative estimate of drug-likeness (QED) is 0.367. The molecule has 8 rings (SSSR count). The molecule has 2 atom stereocenters. The molecule has 12 heteroatoms. The number of hydrogen-bond donors (Lipinski definition) is 2. The number of halogens is 4. The number of nitrogens with zero attached hydrogens (tertiary/aromatic N) is 4. The lowest BCUT2D eigenvalue weighted by Gasteiger charge is -2.41. The van der Waals surface area contributed by atoms with Gasteiger partial charge >= 0.3 is 0 Å². The van der Waals surface area contributed by atoms with Crippen LogP contribution in [0.2, 0.25) is 0 Å². The Morgan fingerprint density at radius 2 is 0.865 bits per heavy atom. The van der Waals surface area contributed by atoms with E-state index in [-0.39, 0.29) is 47.5 Å². The average Bonchev–Trinajstić information content (AvgIpc) is 3.60. The lowest BCUT2D eigenvalue weighted by atomic mass is 9.78. The van der Waals surface area contributed by atoms with Gasteiger partial charge in [-0.2, -0.15) is 0 Å². The number of amides is 2. The van der Waals surface area contributed by atoms with Crippen molar-refractivity contribution in [3.8, 4) is 0 Å². The lowest BCUT2D eigenvalue weighted by molar-refractivity contribution is -0.140. The minimum Gasteiger partial charge on any atom is -0.393 e. The summed E-state index contributed by atoms with van der Waals surface area (Å²) in [6.07, 6.45) is 10.4. The number of carbonyl (C=O) groups excluding carboxylic acids is 2. The van der Waals surface area contributed by atoms with E-state index in [9.17, 15) is 37.4 Å². The molecule has 4 saturated heterocycles. The van der Waals surface area contributed by atoms with Crippen LogP contribution in [-0.4, -0.2) is 95.4 Å². The second kappa shape index (κ2) is 15.2. The first-order chi connectivity index (χ1) is 25.0. The Kier molecular flexibility index (Phi) is 10.8. The molecule has 0 bridgehead atoms. The van der Waals surface area contributed by atoms with Crippen molar-refractivity contribution in [2.45, 2.75) is 114 Å². The molecule has 6 fully saturated rings. The number of piperidine rings is 2. The van der Waals surface area contributed by atoms with Crippen LogP contribution in [0, 0.1) is 34.1 Å². The Labute approximate surface area is 303 Å². The highest BCUT2D eigenvalue weighted by molar-refractivity contribution is 5.87. The van der Waals surface area contributed by atoms with Gasteiger partial charge < -0.3 is 29.8 Å². The standard InChI is InChI=1S/2C20H26F2N2O2/c2*21-16-3-1-4-17(22)18(16)23-11-2-9-20(13-23)10-12-24(19(20)26)14-5-7-15(25)8-6-14/h2*1,3-4,14-15,25H,2,5-13H2/t2*14?,15?,20-/m00/s1. The lowest BCUT2D eigenvalue weighted by Crippen LogP contribution is -2.50. The second-order valence-electron chi connectivity index (χ2n) is 16.2. The van der Waals surface area contributed by atoms with Crippen LogP contribution in [-0.2, 0) is 9.59 Å². The monoisotopic (exact) mass is 728 g/mol. The van der Waals surface area contributed by atoms with Crippen LogP contribution in [0.1, 0.15) is 89.9 Å². The summed E-state index contributed by atoms with van der Waals surface area (Å²) in [5, 5.41) is 19.4. The zero-order chi connectivity index (χ0) is 36.6. The first kappa shape index (κ1) is 37.0. The smallest absolute Gasteiger partial charge is 0.230 e. The largest absolute Gasteiger partial charge is 0.393 e. The van der Waals surface area contributed by atoms with Gasteiger partial charge in [-0.1, -0.05) is 12.1 Å². The molecule has 2 saturated carbocycles. The van der Waals surface area contributed by atoms with Gasteiger partial charge in [0.1, 0.15) is 34.6 Å². The van der Waals surface area contributed by atoms with Crippen molar-refractivity contribution in [1.29, 1.82) is 0 Å². The normalized spacial score (nSPS) is 32.5. The van der Waals surface area contributed by atoms with Crippen LogP contribution < -0.4 is 9.80 Å². The van der Waals surface area contributed by atoms with Crippen LogP contribution >= 0.6 is 0 Å². The first-order valence-electron chi connectivity index (χ1n) is 19.4. The topological polar surface area (TPSA) is 87.6 Å². The van der Waals surface area contributed by atoms with E-state index in [0.29, 0.717) is 39.3 Å². The van der Waals surface area contributed by atoms with E-state index in [4.69, 9.17) is 0 Å². The van der Waals surface area contributed by atoms with Gasteiger partial charge in [0.15, 0.2) is 0 Å². The van der Waals surface area contributed by atoms with Crippen molar-refractivity contribution in [2.24, 2.45) is 10.8 Å². The van der Waals surface area contributed by atoms with Gasteiger partial charge in [0.25, 0.3) is 0 Å². The Bertz CT molecular complexity index is 1460. The predicted molar refractivity (Wildman–Crippen MR) is 190 cm³/mol. The van der Waals surface area contributed by atoms with Crippen molar-refractivity contribution >= 4 is 23.2 Å². The molecule has 284 valence electrons. The van der Waals surface area contributed by atoms with Crippen LogP contribution in [0.25, 0.3) is 0 Å². The number of hydrogen-bond acceptors (Lipinski definition) is 6. The van der Waals surface area contributed by atoms with Crippen LogP contribution in [0.5, 0.6) is 0 Å². The van der Waals surface area contributed by atoms with Gasteiger partial charge in [-0.05, 0) is 114 Å². The molecule has 8 nitrogen and oxygen atoms in total. The van der Waals surface area contributed by atoms with E-state index in [0.717, 1.165) is 89.9 Å². The van der Waals surface area contributed by atoms with Crippen molar-refractivity contribution in [3.05, 3.63) is 59.7 Å². The minimum atomic E-state index is -0.564. The summed E-state index contributed by atoms with van der Waals surface area (Å²) in [7, 11) is 0. The van der Waals surface area contributed by atoms with Gasteiger partial charge in [0.2, 0.25) is 11.8 Å². The third kappa shape index (κ3) is 7.13. The molecule has 0 unspecified atom stereocenters. The molecule has 2 spiro atoms. The molecule has 2 aromatic carbocycles. The molecule has 4 heterocycles. The number of carbonyl (C=O) groups is 2. The maximum atomic E-state index is 14.2. The molecule has 4 aliphatic heterocycles. The Morgan fingerprint density at radius 1 is 0.519 bits per heavy atom. The fraction of sp³-hybridized carbons (Fsp3) is 0.650. The first-order valence-corrected chi connectivity index (χ1v) is 19.4. The van der Waals surface area contributed by atoms with Crippen molar-refractivity contribution in [1.82, 2.24) is 9.80 Å². The van der Waals surface area contributed by atoms with Crippen LogP contribution in [0.3, 0.4) is 0 Å². The van der Waals surface area contributed by atoms with Gasteiger partial charge in [0, 0.05) is 51.4 Å². The minimum absolute atomic E-state index is 0.00128. The SMILES string of the molecule is O=C1N(C2CCC(O)CC2)CC[C@]12CCCN(c1c(F)cccc1F)C2.O=C1N(C2CCC(O)CC2)CC[C@]12CCCN(c1c(F)cccc1F)C2. The molecule has 2 N–H and O–H groups in total. The Hall–Kier alpha value is -3.38. The summed E-state index contributed by atoms with van der Waals surface area (Å²) in [5.74, 6) is -1.98. The number of rotatable bonds is 4. The summed E-state index contributed by atoms with van der Waals surface area (Å²) >= 11 is 0. The van der Waals surface area contributed by atoms with Gasteiger partial charge in [-0.3, -0.25) is 9.59 Å². The number of anilines is 2. The van der Waals surface area contributed by atoms with E-state index < -0.39 is 34.1 Å². The fourth-order valence-corrected chi connectivity index (χ4v) is 10.1. The fourth-order valence-electron chi connectivity index (χ4n) is 10.1. The highest BCUT2D eigenvalue weighted by Gasteiger charge is 2.52. The van der Waals surface area contributed by atoms with E-state index >= 15 is 0 Å². The zero-order valence-electron chi connectivity index (χ0n) is 29.9. The Balaban J connectivity index is 0.000000162. The molecule has 6 aliphatic rings. The van der Waals surface area contributed by atoms with E-state index in [2.05, 4.69) is 0 Å².